The first-order valence-electron chi connectivity index (χ1n) is 5.92. The molecule has 0 spiro atoms. The van der Waals surface area contributed by atoms with Crippen LogP contribution in [0.1, 0.15) is 17.3 Å². The number of nitrogens with one attached hydrogen (secondary N) is 1. The van der Waals surface area contributed by atoms with Gasteiger partial charge in [0.05, 0.1) is 16.3 Å². The molecule has 0 aliphatic carbocycles. The summed E-state index contributed by atoms with van der Waals surface area (Å²) in [5.41, 5.74) is 0.474. The molecule has 0 aliphatic rings. The molecule has 0 saturated carbocycles. The van der Waals surface area contributed by atoms with Crippen LogP contribution in [0.3, 0.4) is 0 Å². The molecule has 1 rings (SSSR count). The fraction of sp³-hybridized carbons (Fsp3) is 0.385. The molecule has 0 aliphatic heterocycles. The number of carboxylic acids is 1. The zero-order chi connectivity index (χ0) is 15.3. The van der Waals surface area contributed by atoms with Gasteiger partial charge in [0, 0.05) is 18.8 Å². The molecule has 5 nitrogen and oxygen atoms in total. The fourth-order valence-electron chi connectivity index (χ4n) is 1.51. The van der Waals surface area contributed by atoms with Crippen molar-refractivity contribution in [3.63, 3.8) is 0 Å². The summed E-state index contributed by atoms with van der Waals surface area (Å²) in [5, 5.41) is 11.7. The quantitative estimate of drug-likeness (QED) is 0.875. The van der Waals surface area contributed by atoms with Gasteiger partial charge in [0.15, 0.2) is 0 Å². The summed E-state index contributed by atoms with van der Waals surface area (Å²) >= 11 is 7.62. The lowest BCUT2D eigenvalue weighted by Gasteiger charge is -2.24. The number of anilines is 1. The first-order chi connectivity index (χ1) is 9.36. The Hall–Kier alpha value is -1.40. The van der Waals surface area contributed by atoms with Gasteiger partial charge >= 0.3 is 12.0 Å². The van der Waals surface area contributed by atoms with E-state index in [2.05, 4.69) is 5.32 Å². The first kappa shape index (κ1) is 16.7. The van der Waals surface area contributed by atoms with Gasteiger partial charge in [-0.05, 0) is 31.4 Å². The maximum absolute atomic E-state index is 12.0. The van der Waals surface area contributed by atoms with Crippen LogP contribution in [0.15, 0.2) is 18.2 Å². The van der Waals surface area contributed by atoms with Crippen molar-refractivity contribution in [1.82, 2.24) is 4.90 Å². The average Bonchev–Trinajstić information content (AvgIpc) is 2.40. The van der Waals surface area contributed by atoms with E-state index >= 15 is 0 Å². The summed E-state index contributed by atoms with van der Waals surface area (Å²) in [6, 6.07) is 4.00. The third-order valence-electron chi connectivity index (χ3n) is 2.85. The second kappa shape index (κ2) is 7.40. The van der Waals surface area contributed by atoms with Crippen molar-refractivity contribution in [3.05, 3.63) is 28.8 Å². The van der Waals surface area contributed by atoms with E-state index < -0.39 is 5.97 Å². The predicted octanol–water partition coefficient (Wildman–Crippen LogP) is 3.25. The molecule has 110 valence electrons. The number of hydrogen-bond donors (Lipinski definition) is 2. The average molecular weight is 317 g/mol. The maximum atomic E-state index is 12.0. The van der Waals surface area contributed by atoms with Gasteiger partial charge in [0.2, 0.25) is 0 Å². The van der Waals surface area contributed by atoms with E-state index in [1.807, 2.05) is 13.2 Å². The van der Waals surface area contributed by atoms with E-state index in [1.54, 1.807) is 23.7 Å². The van der Waals surface area contributed by atoms with Gasteiger partial charge in [0.1, 0.15) is 0 Å². The number of benzene rings is 1. The molecular weight excluding hydrogens is 300 g/mol. The van der Waals surface area contributed by atoms with E-state index in [-0.39, 0.29) is 22.7 Å². The molecule has 1 aromatic rings. The number of hydrogen-bond acceptors (Lipinski definition) is 3. The smallest absolute Gasteiger partial charge is 0.335 e. The zero-order valence-corrected chi connectivity index (χ0v) is 13.1. The van der Waals surface area contributed by atoms with Gasteiger partial charge in [0.25, 0.3) is 0 Å². The maximum Gasteiger partial charge on any atom is 0.335 e. The lowest BCUT2D eigenvalue weighted by molar-refractivity contribution is 0.0697. The van der Waals surface area contributed by atoms with Crippen LogP contribution in [0.5, 0.6) is 0 Å². The summed E-state index contributed by atoms with van der Waals surface area (Å²) in [6.07, 6.45) is 1.98. The number of carbonyl (C=O) groups is 2. The molecule has 0 saturated heterocycles. The molecule has 20 heavy (non-hydrogen) atoms. The third-order valence-corrected chi connectivity index (χ3v) is 3.98. The van der Waals surface area contributed by atoms with Crippen LogP contribution in [0, 0.1) is 0 Å². The number of amides is 2. The molecular formula is C13H17ClN2O3S. The number of halogens is 1. The Morgan fingerprint density at radius 1 is 1.50 bits per heavy atom. The number of carbonyl (C=O) groups excluding carboxylic acids is 1. The molecule has 2 N–H and O–H groups in total. The summed E-state index contributed by atoms with van der Waals surface area (Å²) in [4.78, 5) is 24.4. The van der Waals surface area contributed by atoms with Crippen molar-refractivity contribution in [2.45, 2.75) is 13.0 Å². The molecule has 0 aromatic heterocycles. The second-order valence-electron chi connectivity index (χ2n) is 4.35. The van der Waals surface area contributed by atoms with Gasteiger partial charge in [-0.3, -0.25) is 0 Å². The van der Waals surface area contributed by atoms with Crippen LogP contribution in [-0.4, -0.2) is 47.1 Å². The Balaban J connectivity index is 2.78. The highest BCUT2D eigenvalue weighted by Gasteiger charge is 2.16. The summed E-state index contributed by atoms with van der Waals surface area (Å²) in [7, 11) is 1.70. The normalized spacial score (nSPS) is 11.8. The van der Waals surface area contributed by atoms with Crippen molar-refractivity contribution >= 4 is 41.1 Å². The highest BCUT2D eigenvalue weighted by atomic mass is 35.5. The standard InChI is InChI=1S/C13H17ClN2O3S/c1-8(7-20-3)16(2)13(19)15-11-5-4-9(12(17)18)6-10(11)14/h4-6,8H,7H2,1-3H3,(H,15,19)(H,17,18). The van der Waals surface area contributed by atoms with Gasteiger partial charge in [-0.1, -0.05) is 11.6 Å². The second-order valence-corrected chi connectivity index (χ2v) is 5.66. The van der Waals surface area contributed by atoms with Crippen molar-refractivity contribution in [2.75, 3.05) is 24.4 Å². The molecule has 1 atom stereocenters. The van der Waals surface area contributed by atoms with Crippen LogP contribution < -0.4 is 5.32 Å². The van der Waals surface area contributed by atoms with Crippen LogP contribution >= 0.6 is 23.4 Å². The topological polar surface area (TPSA) is 69.6 Å². The van der Waals surface area contributed by atoms with E-state index in [1.165, 1.54) is 18.2 Å². The molecule has 2 amide bonds. The number of urea groups is 1. The van der Waals surface area contributed by atoms with Crippen LogP contribution in [0.2, 0.25) is 5.02 Å². The minimum absolute atomic E-state index is 0.0807. The van der Waals surface area contributed by atoms with Crippen LogP contribution in [-0.2, 0) is 0 Å². The molecule has 0 radical (unpaired) electrons. The number of nitrogens with zero attached hydrogens (tertiary/aromatic N) is 1. The molecule has 0 heterocycles. The Morgan fingerprint density at radius 3 is 2.65 bits per heavy atom. The Bertz CT molecular complexity index is 510. The molecule has 1 aromatic carbocycles. The van der Waals surface area contributed by atoms with Crippen molar-refractivity contribution < 1.29 is 14.7 Å². The molecule has 0 bridgehead atoms. The monoisotopic (exact) mass is 316 g/mol. The Labute approximate surface area is 127 Å². The summed E-state index contributed by atoms with van der Waals surface area (Å²) in [5.74, 6) is -0.231. The van der Waals surface area contributed by atoms with Crippen molar-refractivity contribution in [1.29, 1.82) is 0 Å². The highest BCUT2D eigenvalue weighted by Crippen LogP contribution is 2.23. The Morgan fingerprint density at radius 2 is 2.15 bits per heavy atom. The number of rotatable bonds is 5. The van der Waals surface area contributed by atoms with Gasteiger partial charge in [-0.25, -0.2) is 9.59 Å². The fourth-order valence-corrected chi connectivity index (χ4v) is 2.44. The SMILES string of the molecule is CSCC(C)N(C)C(=O)Nc1ccc(C(=O)O)cc1Cl. The van der Waals surface area contributed by atoms with Crippen molar-refractivity contribution in [2.24, 2.45) is 0 Å². The highest BCUT2D eigenvalue weighted by molar-refractivity contribution is 7.98. The zero-order valence-electron chi connectivity index (χ0n) is 11.5. The van der Waals surface area contributed by atoms with Gasteiger partial charge < -0.3 is 15.3 Å². The molecule has 0 fully saturated rings. The largest absolute Gasteiger partial charge is 0.478 e. The first-order valence-corrected chi connectivity index (χ1v) is 7.69. The summed E-state index contributed by atoms with van der Waals surface area (Å²) < 4.78 is 0. The van der Waals surface area contributed by atoms with Crippen LogP contribution in [0.25, 0.3) is 0 Å². The van der Waals surface area contributed by atoms with Crippen LogP contribution in [0.4, 0.5) is 10.5 Å². The third kappa shape index (κ3) is 4.31. The van der Waals surface area contributed by atoms with E-state index in [4.69, 9.17) is 16.7 Å². The Kier molecular flexibility index (Phi) is 6.16. The molecule has 7 heteroatoms. The van der Waals surface area contributed by atoms with E-state index in [0.29, 0.717) is 5.69 Å². The minimum atomic E-state index is -1.06. The lowest BCUT2D eigenvalue weighted by atomic mass is 10.2. The number of thioether (sulfide) groups is 1. The van der Waals surface area contributed by atoms with Gasteiger partial charge in [-0.15, -0.1) is 0 Å². The van der Waals surface area contributed by atoms with Crippen molar-refractivity contribution in [3.8, 4) is 0 Å². The van der Waals surface area contributed by atoms with Gasteiger partial charge in [-0.2, -0.15) is 11.8 Å². The van der Waals surface area contributed by atoms with E-state index in [0.717, 1.165) is 5.75 Å². The lowest BCUT2D eigenvalue weighted by Crippen LogP contribution is -2.39. The predicted molar refractivity (Wildman–Crippen MR) is 83.0 cm³/mol. The summed E-state index contributed by atoms with van der Waals surface area (Å²) in [6.45, 7) is 1.95. The molecule has 1 unspecified atom stereocenters. The minimum Gasteiger partial charge on any atom is -0.478 e. The number of carboxylic acid groups (broad SMARTS) is 1. The number of aromatic carboxylic acids is 1. The van der Waals surface area contributed by atoms with E-state index in [9.17, 15) is 9.59 Å².